The zero-order valence-corrected chi connectivity index (χ0v) is 20.7. The van der Waals surface area contributed by atoms with Crippen molar-refractivity contribution in [2.45, 2.75) is 20.0 Å². The summed E-state index contributed by atoms with van der Waals surface area (Å²) in [6.07, 6.45) is 3.76. The molecule has 35 heavy (non-hydrogen) atoms. The lowest BCUT2D eigenvalue weighted by molar-refractivity contribution is -0.112. The minimum atomic E-state index is -0.607. The molecule has 7 heteroatoms. The number of nitrogens with zero attached hydrogens (tertiary/aromatic N) is 1. The molecule has 0 atom stereocenters. The summed E-state index contributed by atoms with van der Waals surface area (Å²) < 4.78 is 12.0. The maximum absolute atomic E-state index is 12.8. The number of benzene rings is 3. The van der Waals surface area contributed by atoms with Crippen LogP contribution in [0.4, 0.5) is 5.69 Å². The second-order valence-corrected chi connectivity index (χ2v) is 8.22. The topological polar surface area (TPSA) is 71.4 Å². The highest BCUT2D eigenvalue weighted by molar-refractivity contribution is 6.44. The first-order chi connectivity index (χ1) is 17.0. The van der Waals surface area contributed by atoms with Gasteiger partial charge < -0.3 is 14.8 Å². The molecule has 3 rings (SSSR count). The van der Waals surface area contributed by atoms with E-state index in [0.717, 1.165) is 11.1 Å². The van der Waals surface area contributed by atoms with Crippen LogP contribution in [0.25, 0.3) is 6.08 Å². The van der Waals surface area contributed by atoms with Crippen LogP contribution >= 0.6 is 23.2 Å². The number of carbonyl (C=O) groups excluding carboxylic acids is 1. The second-order valence-electron chi connectivity index (χ2n) is 7.43. The number of rotatable bonds is 10. The number of nitrogens with one attached hydrogen (secondary N) is 1. The van der Waals surface area contributed by atoms with Gasteiger partial charge in [0.2, 0.25) is 0 Å². The molecule has 0 heterocycles. The fraction of sp³-hybridized carbons (Fsp3) is 0.143. The van der Waals surface area contributed by atoms with Gasteiger partial charge in [0.1, 0.15) is 18.2 Å². The Bertz CT molecular complexity index is 1280. The predicted octanol–water partition coefficient (Wildman–Crippen LogP) is 7.25. The Morgan fingerprint density at radius 3 is 2.57 bits per heavy atom. The van der Waals surface area contributed by atoms with E-state index in [9.17, 15) is 10.1 Å². The fourth-order valence-electron chi connectivity index (χ4n) is 3.34. The molecule has 0 aliphatic carbocycles. The van der Waals surface area contributed by atoms with Gasteiger partial charge in [-0.3, -0.25) is 4.79 Å². The van der Waals surface area contributed by atoms with Crippen LogP contribution in [0.15, 0.2) is 78.9 Å². The summed E-state index contributed by atoms with van der Waals surface area (Å²) in [5, 5.41) is 12.8. The third kappa shape index (κ3) is 6.89. The summed E-state index contributed by atoms with van der Waals surface area (Å²) in [6, 6.07) is 20.2. The van der Waals surface area contributed by atoms with Crippen molar-refractivity contribution >= 4 is 40.9 Å². The molecule has 0 aliphatic rings. The molecular formula is C28H24Cl2N2O3. The number of amides is 1. The summed E-state index contributed by atoms with van der Waals surface area (Å²) >= 11 is 12.2. The summed E-state index contributed by atoms with van der Waals surface area (Å²) in [6.45, 7) is 6.50. The van der Waals surface area contributed by atoms with Gasteiger partial charge in [0, 0.05) is 5.56 Å². The van der Waals surface area contributed by atoms with Gasteiger partial charge in [-0.1, -0.05) is 65.7 Å². The molecular weight excluding hydrogens is 483 g/mol. The van der Waals surface area contributed by atoms with Crippen LogP contribution in [0.1, 0.15) is 23.6 Å². The molecule has 0 saturated heterocycles. The maximum Gasteiger partial charge on any atom is 0.266 e. The lowest BCUT2D eigenvalue weighted by Gasteiger charge is -2.17. The van der Waals surface area contributed by atoms with Gasteiger partial charge in [-0.05, 0) is 54.8 Å². The Labute approximate surface area is 215 Å². The first-order valence-electron chi connectivity index (χ1n) is 10.9. The number of carbonyl (C=O) groups is 1. The lowest BCUT2D eigenvalue weighted by Crippen LogP contribution is -2.13. The Kier molecular flexibility index (Phi) is 9.37. The zero-order chi connectivity index (χ0) is 25.2. The Morgan fingerprint density at radius 1 is 1.11 bits per heavy atom. The number of ether oxygens (including phenoxy) is 2. The van der Waals surface area contributed by atoms with Crippen molar-refractivity contribution in [1.82, 2.24) is 0 Å². The van der Waals surface area contributed by atoms with Crippen LogP contribution in [-0.4, -0.2) is 12.5 Å². The van der Waals surface area contributed by atoms with E-state index in [2.05, 4.69) is 11.9 Å². The number of allylic oxidation sites excluding steroid dienone is 1. The number of hydrogen-bond donors (Lipinski definition) is 1. The molecule has 0 bridgehead atoms. The van der Waals surface area contributed by atoms with Crippen LogP contribution < -0.4 is 14.8 Å². The van der Waals surface area contributed by atoms with Crippen molar-refractivity contribution in [3.05, 3.63) is 106 Å². The molecule has 0 fully saturated rings. The molecule has 0 aliphatic heterocycles. The van der Waals surface area contributed by atoms with Crippen molar-refractivity contribution in [3.8, 4) is 17.6 Å². The molecule has 1 N–H and O–H groups in total. The van der Waals surface area contributed by atoms with E-state index in [0.29, 0.717) is 47.4 Å². The van der Waals surface area contributed by atoms with Crippen molar-refractivity contribution < 1.29 is 14.3 Å². The minimum Gasteiger partial charge on any atom is -0.490 e. The van der Waals surface area contributed by atoms with Crippen LogP contribution in [-0.2, 0) is 17.8 Å². The van der Waals surface area contributed by atoms with Crippen molar-refractivity contribution in [2.24, 2.45) is 0 Å². The molecule has 3 aromatic carbocycles. The normalized spacial score (nSPS) is 10.9. The summed E-state index contributed by atoms with van der Waals surface area (Å²) in [5.74, 6) is 0.510. The molecule has 0 spiro atoms. The number of anilines is 1. The highest BCUT2D eigenvalue weighted by atomic mass is 35.5. The lowest BCUT2D eigenvalue weighted by atomic mass is 10.0. The monoisotopic (exact) mass is 506 g/mol. The maximum atomic E-state index is 12.8. The van der Waals surface area contributed by atoms with Gasteiger partial charge in [0.05, 0.1) is 22.3 Å². The Hall–Kier alpha value is -3.72. The van der Waals surface area contributed by atoms with E-state index < -0.39 is 5.91 Å². The number of hydrogen-bond acceptors (Lipinski definition) is 4. The summed E-state index contributed by atoms with van der Waals surface area (Å²) in [7, 11) is 0. The minimum absolute atomic E-state index is 0.106. The largest absolute Gasteiger partial charge is 0.490 e. The van der Waals surface area contributed by atoms with Gasteiger partial charge in [-0.2, -0.15) is 5.26 Å². The van der Waals surface area contributed by atoms with Crippen molar-refractivity contribution in [3.63, 3.8) is 0 Å². The average molecular weight is 507 g/mol. The highest BCUT2D eigenvalue weighted by Crippen LogP contribution is 2.35. The molecule has 1 amide bonds. The number of nitriles is 1. The van der Waals surface area contributed by atoms with E-state index in [1.807, 2.05) is 49.4 Å². The molecule has 0 saturated carbocycles. The van der Waals surface area contributed by atoms with Crippen molar-refractivity contribution in [2.75, 3.05) is 11.9 Å². The van der Waals surface area contributed by atoms with Crippen LogP contribution in [0.2, 0.25) is 10.0 Å². The van der Waals surface area contributed by atoms with E-state index in [-0.39, 0.29) is 10.6 Å². The average Bonchev–Trinajstić information content (AvgIpc) is 2.86. The Balaban J connectivity index is 1.94. The first-order valence-corrected chi connectivity index (χ1v) is 11.7. The standard InChI is InChI=1S/C28H24Cl2N2O3/c1-3-9-21-14-20(15-22(17-31)28(33)32-24-13-8-12-23(29)26(24)30)16-25(34-4-2)27(21)35-18-19-10-6-5-7-11-19/h3,5-8,10-16H,1,4,9,18H2,2H3,(H,32,33)/b22-15-. The SMILES string of the molecule is C=CCc1cc(/C=C(/C#N)C(=O)Nc2cccc(Cl)c2Cl)cc(OCC)c1OCc1ccccc1. The number of halogens is 2. The molecule has 3 aromatic rings. The molecule has 0 unspecified atom stereocenters. The van der Waals surface area contributed by atoms with Gasteiger partial charge >= 0.3 is 0 Å². The predicted molar refractivity (Wildman–Crippen MR) is 141 cm³/mol. The summed E-state index contributed by atoms with van der Waals surface area (Å²) in [4.78, 5) is 12.8. The van der Waals surface area contributed by atoms with Gasteiger partial charge in [-0.15, -0.1) is 6.58 Å². The first kappa shape index (κ1) is 25.9. The zero-order valence-electron chi connectivity index (χ0n) is 19.2. The fourth-order valence-corrected chi connectivity index (χ4v) is 3.68. The van der Waals surface area contributed by atoms with Crippen molar-refractivity contribution in [1.29, 1.82) is 5.26 Å². The second kappa shape index (κ2) is 12.7. The smallest absolute Gasteiger partial charge is 0.266 e. The highest BCUT2D eigenvalue weighted by Gasteiger charge is 2.16. The molecule has 178 valence electrons. The molecule has 5 nitrogen and oxygen atoms in total. The van der Waals surface area contributed by atoms with Gasteiger partial charge in [0.25, 0.3) is 5.91 Å². The van der Waals surface area contributed by atoms with E-state index in [1.165, 1.54) is 6.08 Å². The quantitative estimate of drug-likeness (QED) is 0.178. The molecule has 0 radical (unpaired) electrons. The van der Waals surface area contributed by atoms with E-state index in [4.69, 9.17) is 32.7 Å². The third-order valence-electron chi connectivity index (χ3n) is 4.92. The van der Waals surface area contributed by atoms with Crippen LogP contribution in [0, 0.1) is 11.3 Å². The Morgan fingerprint density at radius 2 is 1.89 bits per heavy atom. The third-order valence-corrected chi connectivity index (χ3v) is 5.74. The van der Waals surface area contributed by atoms with Crippen LogP contribution in [0.5, 0.6) is 11.5 Å². The van der Waals surface area contributed by atoms with Crippen LogP contribution in [0.3, 0.4) is 0 Å². The van der Waals surface area contributed by atoms with Gasteiger partial charge in [-0.25, -0.2) is 0 Å². The van der Waals surface area contributed by atoms with Gasteiger partial charge in [0.15, 0.2) is 11.5 Å². The summed E-state index contributed by atoms with van der Waals surface area (Å²) in [5.41, 5.74) is 2.67. The van der Waals surface area contributed by atoms with E-state index in [1.54, 1.807) is 30.3 Å². The molecule has 0 aromatic heterocycles. The van der Waals surface area contributed by atoms with E-state index >= 15 is 0 Å².